The van der Waals surface area contributed by atoms with E-state index in [9.17, 15) is 4.79 Å². The largest absolute Gasteiger partial charge is 0.493 e. The molecule has 0 radical (unpaired) electrons. The van der Waals surface area contributed by atoms with Gasteiger partial charge in [-0.05, 0) is 31.2 Å². The van der Waals surface area contributed by atoms with Gasteiger partial charge in [0, 0.05) is 17.3 Å². The van der Waals surface area contributed by atoms with Crippen LogP contribution in [-0.4, -0.2) is 45.7 Å². The maximum Gasteiger partial charge on any atom is 0.265 e. The fourth-order valence-electron chi connectivity index (χ4n) is 2.61. The second-order valence-electron chi connectivity index (χ2n) is 5.88. The molecule has 0 unspecified atom stereocenters. The molecule has 2 aromatic rings. The lowest BCUT2D eigenvalue weighted by Crippen LogP contribution is -2.18. The molecule has 3 rings (SSSR count). The Balaban J connectivity index is 1.53. The van der Waals surface area contributed by atoms with Gasteiger partial charge in [0.05, 0.1) is 25.0 Å². The summed E-state index contributed by atoms with van der Waals surface area (Å²) in [6.07, 6.45) is 1.43. The van der Waals surface area contributed by atoms with Crippen LogP contribution in [0.1, 0.15) is 12.5 Å². The lowest BCUT2D eigenvalue weighted by molar-refractivity contribution is -0.120. The van der Waals surface area contributed by atoms with Crippen molar-refractivity contribution in [2.75, 3.05) is 38.9 Å². The van der Waals surface area contributed by atoms with Crippen LogP contribution in [-0.2, 0) is 9.63 Å². The summed E-state index contributed by atoms with van der Waals surface area (Å²) in [5.41, 5.74) is 1.22. The Morgan fingerprint density at radius 2 is 2.03 bits per heavy atom. The Morgan fingerprint density at radius 1 is 1.24 bits per heavy atom. The van der Waals surface area contributed by atoms with Gasteiger partial charge in [-0.1, -0.05) is 16.8 Å². The lowest BCUT2D eigenvalue weighted by Gasteiger charge is -2.18. The molecular weight excluding hydrogens is 400 g/mol. The van der Waals surface area contributed by atoms with Crippen molar-refractivity contribution in [2.24, 2.45) is 5.16 Å². The number of hydrogen-bond acceptors (Lipinski definition) is 7. The highest BCUT2D eigenvalue weighted by molar-refractivity contribution is 6.32. The molecule has 9 heteroatoms. The smallest absolute Gasteiger partial charge is 0.265 e. The molecule has 0 aromatic heterocycles. The maximum absolute atomic E-state index is 12.0. The number of nitrogens with one attached hydrogen (secondary N) is 1. The maximum atomic E-state index is 12.0. The molecule has 1 amide bonds. The minimum absolute atomic E-state index is 0.257. The number of amides is 1. The SMILES string of the molecule is CCOc1c(Cl)cc(/C=N\OCC(=O)Nc2ccc3c(c2)OCCO3)cc1OC. The molecule has 0 saturated carbocycles. The first-order valence-electron chi connectivity index (χ1n) is 8.96. The standard InChI is InChI=1S/C20H21ClN2O6/c1-3-26-20-15(21)8-13(9-18(20)25-2)11-22-29-12-19(24)23-14-4-5-16-17(10-14)28-7-6-27-16/h4-5,8-11H,3,6-7,12H2,1-2H3,(H,23,24)/b22-11-. The Bertz CT molecular complexity index is 903. The van der Waals surface area contributed by atoms with E-state index in [0.717, 1.165) is 0 Å². The molecule has 29 heavy (non-hydrogen) atoms. The first-order valence-corrected chi connectivity index (χ1v) is 9.33. The summed E-state index contributed by atoms with van der Waals surface area (Å²) in [5.74, 6) is 1.83. The van der Waals surface area contributed by atoms with E-state index in [-0.39, 0.29) is 12.5 Å². The number of oxime groups is 1. The monoisotopic (exact) mass is 420 g/mol. The van der Waals surface area contributed by atoms with Crippen LogP contribution in [0.4, 0.5) is 5.69 Å². The fourth-order valence-corrected chi connectivity index (χ4v) is 2.88. The number of anilines is 1. The molecule has 2 aromatic carbocycles. The van der Waals surface area contributed by atoms with E-state index in [2.05, 4.69) is 10.5 Å². The zero-order valence-electron chi connectivity index (χ0n) is 16.1. The number of fused-ring (bicyclic) bond motifs is 1. The van der Waals surface area contributed by atoms with E-state index in [1.54, 1.807) is 30.3 Å². The predicted octanol–water partition coefficient (Wildman–Crippen LogP) is 3.51. The number of hydrogen-bond donors (Lipinski definition) is 1. The van der Waals surface area contributed by atoms with Crippen molar-refractivity contribution in [3.05, 3.63) is 40.9 Å². The second kappa shape index (κ2) is 9.88. The number of methoxy groups -OCH3 is 1. The third-order valence-electron chi connectivity index (χ3n) is 3.84. The Hall–Kier alpha value is -3.13. The molecule has 1 aliphatic heterocycles. The Kier molecular flexibility index (Phi) is 7.02. The highest BCUT2D eigenvalue weighted by Gasteiger charge is 2.13. The van der Waals surface area contributed by atoms with Gasteiger partial charge in [0.2, 0.25) is 0 Å². The van der Waals surface area contributed by atoms with E-state index >= 15 is 0 Å². The van der Waals surface area contributed by atoms with Crippen LogP contribution in [0.2, 0.25) is 5.02 Å². The van der Waals surface area contributed by atoms with E-state index in [1.807, 2.05) is 6.92 Å². The Morgan fingerprint density at radius 3 is 2.79 bits per heavy atom. The van der Waals surface area contributed by atoms with Crippen molar-refractivity contribution >= 4 is 29.4 Å². The molecule has 1 aliphatic rings. The molecule has 0 fully saturated rings. The van der Waals surface area contributed by atoms with Gasteiger partial charge in [-0.2, -0.15) is 0 Å². The highest BCUT2D eigenvalue weighted by atomic mass is 35.5. The van der Waals surface area contributed by atoms with Gasteiger partial charge in [0.15, 0.2) is 29.6 Å². The lowest BCUT2D eigenvalue weighted by atomic mass is 10.2. The third-order valence-corrected chi connectivity index (χ3v) is 4.12. The second-order valence-corrected chi connectivity index (χ2v) is 6.29. The summed E-state index contributed by atoms with van der Waals surface area (Å²) < 4.78 is 21.7. The van der Waals surface area contributed by atoms with Crippen LogP contribution >= 0.6 is 11.6 Å². The summed E-state index contributed by atoms with van der Waals surface area (Å²) >= 11 is 6.21. The van der Waals surface area contributed by atoms with E-state index < -0.39 is 0 Å². The molecule has 0 bridgehead atoms. The number of ether oxygens (including phenoxy) is 4. The molecule has 1 heterocycles. The van der Waals surface area contributed by atoms with Crippen LogP contribution in [0.15, 0.2) is 35.5 Å². The average molecular weight is 421 g/mol. The first-order chi connectivity index (χ1) is 14.1. The van der Waals surface area contributed by atoms with Crippen molar-refractivity contribution in [1.29, 1.82) is 0 Å². The van der Waals surface area contributed by atoms with Gasteiger partial charge in [0.25, 0.3) is 5.91 Å². The van der Waals surface area contributed by atoms with Gasteiger partial charge in [-0.15, -0.1) is 0 Å². The predicted molar refractivity (Wildman–Crippen MR) is 109 cm³/mol. The number of carbonyl (C=O) groups is 1. The molecule has 0 spiro atoms. The van der Waals surface area contributed by atoms with E-state index in [4.69, 9.17) is 35.4 Å². The van der Waals surface area contributed by atoms with Crippen LogP contribution in [0, 0.1) is 0 Å². The minimum atomic E-state index is -0.360. The van der Waals surface area contributed by atoms with Gasteiger partial charge in [0.1, 0.15) is 13.2 Å². The van der Waals surface area contributed by atoms with E-state index in [1.165, 1.54) is 13.3 Å². The molecule has 0 aliphatic carbocycles. The van der Waals surface area contributed by atoms with Crippen LogP contribution in [0.5, 0.6) is 23.0 Å². The number of nitrogens with zero attached hydrogens (tertiary/aromatic N) is 1. The molecule has 0 atom stereocenters. The molecule has 154 valence electrons. The summed E-state index contributed by atoms with van der Waals surface area (Å²) in [6, 6.07) is 8.54. The first kappa shape index (κ1) is 20.6. The summed E-state index contributed by atoms with van der Waals surface area (Å²) in [4.78, 5) is 17.1. The molecular formula is C20H21ClN2O6. The van der Waals surface area contributed by atoms with Gasteiger partial charge >= 0.3 is 0 Å². The molecule has 1 N–H and O–H groups in total. The molecule has 8 nitrogen and oxygen atoms in total. The average Bonchev–Trinajstić information content (AvgIpc) is 2.73. The van der Waals surface area contributed by atoms with Crippen LogP contribution in [0.25, 0.3) is 0 Å². The summed E-state index contributed by atoms with van der Waals surface area (Å²) in [7, 11) is 1.52. The normalized spacial score (nSPS) is 12.5. The van der Waals surface area contributed by atoms with Crippen molar-refractivity contribution in [3.63, 3.8) is 0 Å². The van der Waals surface area contributed by atoms with Crippen molar-refractivity contribution in [3.8, 4) is 23.0 Å². The quantitative estimate of drug-likeness (QED) is 0.519. The van der Waals surface area contributed by atoms with Gasteiger partial charge < -0.3 is 29.1 Å². The minimum Gasteiger partial charge on any atom is -0.493 e. The fraction of sp³-hybridized carbons (Fsp3) is 0.300. The zero-order valence-corrected chi connectivity index (χ0v) is 16.8. The highest BCUT2D eigenvalue weighted by Crippen LogP contribution is 2.36. The molecule has 0 saturated heterocycles. The van der Waals surface area contributed by atoms with E-state index in [0.29, 0.717) is 59.1 Å². The number of benzene rings is 2. The van der Waals surface area contributed by atoms with Crippen LogP contribution < -0.4 is 24.3 Å². The van der Waals surface area contributed by atoms with Crippen molar-refractivity contribution in [1.82, 2.24) is 0 Å². The number of rotatable bonds is 8. The Labute approximate surface area is 173 Å². The summed E-state index contributed by atoms with van der Waals surface area (Å²) in [6.45, 7) is 3.05. The summed E-state index contributed by atoms with van der Waals surface area (Å²) in [5, 5.41) is 6.90. The van der Waals surface area contributed by atoms with Crippen LogP contribution in [0.3, 0.4) is 0 Å². The van der Waals surface area contributed by atoms with Crippen molar-refractivity contribution in [2.45, 2.75) is 6.92 Å². The van der Waals surface area contributed by atoms with Gasteiger partial charge in [-0.3, -0.25) is 4.79 Å². The van der Waals surface area contributed by atoms with Crippen molar-refractivity contribution < 1.29 is 28.6 Å². The number of carbonyl (C=O) groups excluding carboxylic acids is 1. The topological polar surface area (TPSA) is 87.6 Å². The van der Waals surface area contributed by atoms with Gasteiger partial charge in [-0.25, -0.2) is 0 Å². The third kappa shape index (κ3) is 5.45. The zero-order chi connectivity index (χ0) is 20.6. The number of halogens is 1.